The highest BCUT2D eigenvalue weighted by atomic mass is 35.5. The first-order valence-electron chi connectivity index (χ1n) is 24.0. The minimum Gasteiger partial charge on any atom is -0.478 e. The summed E-state index contributed by atoms with van der Waals surface area (Å²) in [6, 6.07) is 22.8. The summed E-state index contributed by atoms with van der Waals surface area (Å²) in [5.41, 5.74) is 13.7. The number of halogens is 4. The molecule has 0 bridgehead atoms. The number of likely N-dealkylation sites (N-methyl/N-ethyl adjacent to an activating group) is 2. The first kappa shape index (κ1) is 54.0. The van der Waals surface area contributed by atoms with Gasteiger partial charge in [0.25, 0.3) is 0 Å². The molecule has 14 nitrogen and oxygen atoms in total. The number of likely N-dealkylation sites (tertiary alicyclic amines) is 2. The van der Waals surface area contributed by atoms with Crippen LogP contribution in [0.25, 0.3) is 0 Å². The molecular weight excluding hydrogens is 1000 g/mol. The molecule has 5 aliphatic rings. The normalized spacial score (nSPS) is 20.4. The molecule has 3 heterocycles. The number of carbonyl (C=O) groups is 6. The molecule has 0 unspecified atom stereocenters. The number of cyclic esters (lactones) is 2. The standard InChI is InChI=1S/C27H29Cl2N3O4.C23H27Cl2N3O.C4H2O3/c1-31(25(34)15-17-4-8-21(28)22(29)14-17)27-20-16-19(30-24(33)10-11-26(35)36)7-5-18(20)6-9-23(27)32-12-2-3-13-32;1-27(22(29)13-15-4-8-19(24)20(25)12-15)23-18-14-17(26)7-5-16(18)6-9-21(23)28-10-2-3-11-28;5-3-1-2-4(6)7-3/h4-5,7-8,10-11,14,16,23,27H,2-3,6,9,12-13,15H2,1H3,(H,30,33)(H,35,36);4-5,7-8,12,14,21,23H,2-3,6,9-11,13,26H2,1H3;1-2H/b11-10-;;/t23-,27-;21-,23-;/m00./s1. The number of benzene rings is 4. The first-order valence-corrected chi connectivity index (χ1v) is 25.5. The van der Waals surface area contributed by atoms with Gasteiger partial charge in [-0.3, -0.25) is 24.2 Å². The summed E-state index contributed by atoms with van der Waals surface area (Å²) in [6.45, 7) is 4.21. The zero-order valence-corrected chi connectivity index (χ0v) is 43.2. The highest BCUT2D eigenvalue weighted by Crippen LogP contribution is 2.41. The lowest BCUT2D eigenvalue weighted by Crippen LogP contribution is -2.48. The van der Waals surface area contributed by atoms with Crippen molar-refractivity contribution in [3.8, 4) is 0 Å². The zero-order valence-electron chi connectivity index (χ0n) is 40.1. The SMILES string of the molecule is CN(C(=O)Cc1ccc(Cl)c(Cl)c1)[C@H]1c2cc(N)ccc2CC[C@@H]1N1CCCC1.CN(C(=O)Cc1ccc(Cl)c(Cl)c1)[C@H]1c2cc(NC(=O)/C=C\C(=O)O)ccc2CC[C@@H]1N1CCCC1.O=C1C=CC(=O)O1. The lowest BCUT2D eigenvalue weighted by Gasteiger charge is -2.43. The molecule has 0 spiro atoms. The number of nitrogen functional groups attached to an aromatic ring is 1. The predicted molar refractivity (Wildman–Crippen MR) is 280 cm³/mol. The van der Waals surface area contributed by atoms with Crippen molar-refractivity contribution < 1.29 is 38.6 Å². The Bertz CT molecular complexity index is 2740. The van der Waals surface area contributed by atoms with E-state index in [0.29, 0.717) is 38.2 Å². The molecule has 2 aliphatic carbocycles. The fourth-order valence-corrected chi connectivity index (χ4v) is 11.0. The Labute approximate surface area is 439 Å². The van der Waals surface area contributed by atoms with Crippen LogP contribution in [0.2, 0.25) is 20.1 Å². The van der Waals surface area contributed by atoms with Gasteiger partial charge < -0.3 is 30.7 Å². The zero-order chi connectivity index (χ0) is 51.6. The van der Waals surface area contributed by atoms with E-state index in [1.165, 1.54) is 24.0 Å². The van der Waals surface area contributed by atoms with Crippen molar-refractivity contribution in [3.63, 3.8) is 0 Å². The Balaban J connectivity index is 0.000000189. The third-order valence-corrected chi connectivity index (χ3v) is 15.3. The van der Waals surface area contributed by atoms with Gasteiger partial charge in [-0.1, -0.05) is 70.7 Å². The van der Waals surface area contributed by atoms with Gasteiger partial charge in [-0.05, 0) is 159 Å². The number of carboxylic acid groups (broad SMARTS) is 1. The van der Waals surface area contributed by atoms with Gasteiger partial charge in [0, 0.05) is 61.9 Å². The average Bonchev–Trinajstić information content (AvgIpc) is 4.17. The van der Waals surface area contributed by atoms with Crippen LogP contribution in [0.5, 0.6) is 0 Å². The maximum atomic E-state index is 13.5. The van der Waals surface area contributed by atoms with Gasteiger partial charge in [-0.2, -0.15) is 0 Å². The van der Waals surface area contributed by atoms with Crippen LogP contribution in [0.1, 0.15) is 84.0 Å². The molecule has 0 saturated carbocycles. The number of nitrogens with zero attached hydrogens (tertiary/aromatic N) is 4. The van der Waals surface area contributed by atoms with E-state index in [0.717, 1.165) is 117 Å². The first-order chi connectivity index (χ1) is 34.4. The summed E-state index contributed by atoms with van der Waals surface area (Å²) in [4.78, 5) is 78.3. The molecule has 9 rings (SSSR count). The number of ether oxygens (including phenoxy) is 1. The van der Waals surface area contributed by atoms with Gasteiger partial charge in [-0.25, -0.2) is 14.4 Å². The maximum Gasteiger partial charge on any atom is 0.338 e. The molecule has 4 aromatic carbocycles. The van der Waals surface area contributed by atoms with Crippen molar-refractivity contribution in [1.82, 2.24) is 19.6 Å². The van der Waals surface area contributed by atoms with Crippen LogP contribution in [0.15, 0.2) is 97.1 Å². The summed E-state index contributed by atoms with van der Waals surface area (Å²) in [7, 11) is 3.76. The molecule has 3 aliphatic heterocycles. The second-order valence-electron chi connectivity index (χ2n) is 18.6. The summed E-state index contributed by atoms with van der Waals surface area (Å²) < 4.78 is 3.97. The van der Waals surface area contributed by atoms with Gasteiger partial charge in [0.15, 0.2) is 0 Å². The number of aliphatic carboxylic acids is 1. The second kappa shape index (κ2) is 24.8. The lowest BCUT2D eigenvalue weighted by atomic mass is 9.82. The van der Waals surface area contributed by atoms with Gasteiger partial charge in [-0.15, -0.1) is 0 Å². The third-order valence-electron chi connectivity index (χ3n) is 13.8. The Morgan fingerprint density at radius 1 is 0.653 bits per heavy atom. The van der Waals surface area contributed by atoms with E-state index in [9.17, 15) is 28.8 Å². The Hall–Kier alpha value is -5.74. The Morgan fingerprint density at radius 2 is 1.11 bits per heavy atom. The number of anilines is 2. The minimum atomic E-state index is -1.19. The molecule has 0 radical (unpaired) electrons. The topological polar surface area (TPSA) is 183 Å². The van der Waals surface area contributed by atoms with Crippen LogP contribution in [0.3, 0.4) is 0 Å². The number of nitrogens with one attached hydrogen (secondary N) is 1. The molecule has 4 atom stereocenters. The van der Waals surface area contributed by atoms with Crippen molar-refractivity contribution in [1.29, 1.82) is 0 Å². The van der Waals surface area contributed by atoms with E-state index >= 15 is 0 Å². The van der Waals surface area contributed by atoms with Crippen LogP contribution < -0.4 is 11.1 Å². The molecule has 380 valence electrons. The number of esters is 2. The van der Waals surface area contributed by atoms with E-state index in [1.54, 1.807) is 24.3 Å². The number of nitrogens with two attached hydrogens (primary N) is 1. The summed E-state index contributed by atoms with van der Waals surface area (Å²) in [6.07, 6.45) is 13.1. The van der Waals surface area contributed by atoms with Crippen molar-refractivity contribution in [2.24, 2.45) is 0 Å². The van der Waals surface area contributed by atoms with Crippen LogP contribution in [0.4, 0.5) is 11.4 Å². The quantitative estimate of drug-likeness (QED) is 0.0564. The molecule has 3 amide bonds. The summed E-state index contributed by atoms with van der Waals surface area (Å²) >= 11 is 24.4. The highest BCUT2D eigenvalue weighted by Gasteiger charge is 2.40. The third kappa shape index (κ3) is 13.9. The molecule has 72 heavy (non-hydrogen) atoms. The number of hydrogen-bond donors (Lipinski definition) is 3. The van der Waals surface area contributed by atoms with E-state index in [4.69, 9.17) is 57.2 Å². The fraction of sp³-hybridized carbons (Fsp3) is 0.370. The summed E-state index contributed by atoms with van der Waals surface area (Å²) in [5, 5.41) is 13.4. The second-order valence-corrected chi connectivity index (χ2v) is 20.2. The molecule has 0 aromatic heterocycles. The number of carbonyl (C=O) groups excluding carboxylic acids is 5. The van der Waals surface area contributed by atoms with Gasteiger partial charge >= 0.3 is 17.9 Å². The van der Waals surface area contributed by atoms with Crippen LogP contribution in [-0.4, -0.2) is 113 Å². The maximum absolute atomic E-state index is 13.5. The Kier molecular flexibility index (Phi) is 18.6. The van der Waals surface area contributed by atoms with Crippen molar-refractivity contribution >= 4 is 93.4 Å². The van der Waals surface area contributed by atoms with Crippen molar-refractivity contribution in [2.45, 2.75) is 88.4 Å². The van der Waals surface area contributed by atoms with Gasteiger partial charge in [0.05, 0.1) is 45.0 Å². The van der Waals surface area contributed by atoms with Crippen molar-refractivity contribution in [3.05, 3.63) is 151 Å². The predicted octanol–water partition coefficient (Wildman–Crippen LogP) is 9.08. The van der Waals surface area contributed by atoms with E-state index < -0.39 is 23.8 Å². The molecule has 2 saturated heterocycles. The van der Waals surface area contributed by atoms with Crippen LogP contribution in [-0.2, 0) is 59.2 Å². The minimum absolute atomic E-state index is 0.00984. The smallest absolute Gasteiger partial charge is 0.338 e. The van der Waals surface area contributed by atoms with Gasteiger partial charge in [0.2, 0.25) is 17.7 Å². The number of aryl methyl sites for hydroxylation is 2. The molecule has 4 aromatic rings. The van der Waals surface area contributed by atoms with Gasteiger partial charge in [0.1, 0.15) is 0 Å². The Morgan fingerprint density at radius 3 is 1.54 bits per heavy atom. The van der Waals surface area contributed by atoms with Crippen LogP contribution >= 0.6 is 46.4 Å². The number of rotatable bonds is 11. The number of carboxylic acids is 1. The summed E-state index contributed by atoms with van der Waals surface area (Å²) in [5.74, 6) is -2.83. The average molecular weight is 1060 g/mol. The molecule has 18 heteroatoms. The van der Waals surface area contributed by atoms with Crippen molar-refractivity contribution in [2.75, 3.05) is 51.3 Å². The molecular formula is C54H58Cl4N6O8. The van der Waals surface area contributed by atoms with Crippen LogP contribution in [0, 0.1) is 0 Å². The lowest BCUT2D eigenvalue weighted by molar-refractivity contribution is -0.150. The monoisotopic (exact) mass is 1060 g/mol. The highest BCUT2D eigenvalue weighted by molar-refractivity contribution is 6.42. The molecule has 2 fully saturated rings. The van der Waals surface area contributed by atoms with E-state index in [2.05, 4.69) is 32.0 Å². The fourth-order valence-electron chi connectivity index (χ4n) is 10.3. The number of hydrogen-bond acceptors (Lipinski definition) is 10. The van der Waals surface area contributed by atoms with E-state index in [-0.39, 0.29) is 36.4 Å². The van der Waals surface area contributed by atoms with E-state index in [1.807, 2.05) is 60.3 Å². The number of fused-ring (bicyclic) bond motifs is 2. The largest absolute Gasteiger partial charge is 0.478 e. The molecule has 4 N–H and O–H groups in total. The number of amides is 3.